The fourth-order valence-electron chi connectivity index (χ4n) is 3.89. The number of anilines is 2. The van der Waals surface area contributed by atoms with Gasteiger partial charge in [-0.25, -0.2) is 0 Å². The zero-order valence-electron chi connectivity index (χ0n) is 17.8. The normalized spacial score (nSPS) is 14.5. The lowest BCUT2D eigenvalue weighted by atomic mass is 9.99. The second kappa shape index (κ2) is 7.01. The van der Waals surface area contributed by atoms with Crippen LogP contribution in [0.25, 0.3) is 22.0 Å². The SMILES string of the molecule is Cc1cc2c(cn1)cc(-c1cc(Nc3noc(C4(C(=O)O)CC4)n3)ccc1C)c(=O)n2C. The van der Waals surface area contributed by atoms with Crippen LogP contribution in [-0.4, -0.2) is 30.8 Å². The van der Waals surface area contributed by atoms with Crippen LogP contribution in [0, 0.1) is 13.8 Å². The number of nitrogens with one attached hydrogen (secondary N) is 1. The predicted octanol–water partition coefficient (Wildman–Crippen LogP) is 3.46. The maximum atomic E-state index is 13.1. The number of carbonyl (C=O) groups is 1. The molecule has 162 valence electrons. The van der Waals surface area contributed by atoms with E-state index >= 15 is 0 Å². The fourth-order valence-corrected chi connectivity index (χ4v) is 3.89. The zero-order chi connectivity index (χ0) is 22.6. The zero-order valence-corrected chi connectivity index (χ0v) is 17.8. The van der Waals surface area contributed by atoms with Crippen molar-refractivity contribution in [3.63, 3.8) is 0 Å². The van der Waals surface area contributed by atoms with Gasteiger partial charge in [0.15, 0.2) is 0 Å². The highest BCUT2D eigenvalue weighted by atomic mass is 16.5. The smallest absolute Gasteiger partial charge is 0.319 e. The van der Waals surface area contributed by atoms with E-state index in [4.69, 9.17) is 4.52 Å². The molecule has 1 aromatic carbocycles. The molecule has 3 aromatic heterocycles. The average molecular weight is 431 g/mol. The van der Waals surface area contributed by atoms with E-state index in [0.29, 0.717) is 24.1 Å². The van der Waals surface area contributed by atoms with Crippen molar-refractivity contribution in [2.45, 2.75) is 32.1 Å². The Bertz CT molecular complexity index is 1450. The minimum Gasteiger partial charge on any atom is -0.480 e. The first-order valence-electron chi connectivity index (χ1n) is 10.2. The van der Waals surface area contributed by atoms with Crippen molar-refractivity contribution in [3.05, 3.63) is 64.0 Å². The maximum absolute atomic E-state index is 13.1. The Morgan fingerprint density at radius 3 is 2.69 bits per heavy atom. The molecule has 5 rings (SSSR count). The van der Waals surface area contributed by atoms with E-state index in [2.05, 4.69) is 20.4 Å². The Hall–Kier alpha value is -4.01. The van der Waals surface area contributed by atoms with E-state index in [0.717, 1.165) is 27.7 Å². The van der Waals surface area contributed by atoms with Gasteiger partial charge >= 0.3 is 5.97 Å². The number of rotatable bonds is 5. The van der Waals surface area contributed by atoms with Crippen LogP contribution < -0.4 is 10.9 Å². The van der Waals surface area contributed by atoms with Crippen molar-refractivity contribution >= 4 is 28.5 Å². The molecule has 3 heterocycles. The molecule has 0 radical (unpaired) electrons. The number of aryl methyl sites for hydroxylation is 3. The fraction of sp³-hybridized carbons (Fsp3) is 0.261. The number of nitrogens with zero attached hydrogens (tertiary/aromatic N) is 4. The molecule has 1 fully saturated rings. The maximum Gasteiger partial charge on any atom is 0.319 e. The Labute approximate surface area is 182 Å². The Balaban J connectivity index is 1.52. The molecule has 4 aromatic rings. The third kappa shape index (κ3) is 3.13. The van der Waals surface area contributed by atoms with Crippen LogP contribution in [0.5, 0.6) is 0 Å². The minimum absolute atomic E-state index is 0.103. The van der Waals surface area contributed by atoms with E-state index in [1.54, 1.807) is 17.8 Å². The number of aliphatic carboxylic acids is 1. The Morgan fingerprint density at radius 2 is 1.97 bits per heavy atom. The summed E-state index contributed by atoms with van der Waals surface area (Å²) in [6, 6.07) is 9.33. The topological polar surface area (TPSA) is 123 Å². The quantitative estimate of drug-likeness (QED) is 0.492. The van der Waals surface area contributed by atoms with Gasteiger partial charge in [0.25, 0.3) is 11.5 Å². The molecule has 0 spiro atoms. The molecule has 0 amide bonds. The summed E-state index contributed by atoms with van der Waals surface area (Å²) in [6.07, 6.45) is 2.73. The van der Waals surface area contributed by atoms with E-state index in [9.17, 15) is 14.7 Å². The number of hydrogen-bond acceptors (Lipinski definition) is 7. The third-order valence-corrected chi connectivity index (χ3v) is 6.02. The lowest BCUT2D eigenvalue weighted by Crippen LogP contribution is -2.19. The molecule has 0 saturated heterocycles. The highest BCUT2D eigenvalue weighted by Crippen LogP contribution is 2.47. The van der Waals surface area contributed by atoms with Crippen LogP contribution in [0.1, 0.15) is 30.0 Å². The van der Waals surface area contributed by atoms with Crippen molar-refractivity contribution in [1.82, 2.24) is 19.7 Å². The molecule has 0 aliphatic heterocycles. The van der Waals surface area contributed by atoms with Crippen LogP contribution >= 0.6 is 0 Å². The first-order valence-corrected chi connectivity index (χ1v) is 10.2. The number of carboxylic acid groups (broad SMARTS) is 1. The van der Waals surface area contributed by atoms with Gasteiger partial charge in [-0.15, -0.1) is 0 Å². The third-order valence-electron chi connectivity index (χ3n) is 6.02. The number of carboxylic acids is 1. The summed E-state index contributed by atoms with van der Waals surface area (Å²) in [5, 5.41) is 17.2. The number of hydrogen-bond donors (Lipinski definition) is 2. The average Bonchev–Trinajstić information content (AvgIpc) is 3.46. The van der Waals surface area contributed by atoms with Crippen molar-refractivity contribution < 1.29 is 14.4 Å². The molecular weight excluding hydrogens is 410 g/mol. The summed E-state index contributed by atoms with van der Waals surface area (Å²) in [5.74, 6) is -0.679. The van der Waals surface area contributed by atoms with Crippen LogP contribution in [0.15, 0.2) is 45.8 Å². The highest BCUT2D eigenvalue weighted by molar-refractivity contribution is 5.85. The van der Waals surface area contributed by atoms with Gasteiger partial charge in [0.2, 0.25) is 5.89 Å². The lowest BCUT2D eigenvalue weighted by Gasteiger charge is -2.12. The van der Waals surface area contributed by atoms with Gasteiger partial charge in [0.1, 0.15) is 5.41 Å². The number of benzene rings is 1. The monoisotopic (exact) mass is 431 g/mol. The van der Waals surface area contributed by atoms with Gasteiger partial charge in [-0.2, -0.15) is 4.98 Å². The van der Waals surface area contributed by atoms with Crippen molar-refractivity contribution in [3.8, 4) is 11.1 Å². The number of pyridine rings is 2. The molecule has 1 aliphatic rings. The molecule has 0 atom stereocenters. The van der Waals surface area contributed by atoms with E-state index in [1.165, 1.54) is 0 Å². The molecule has 0 unspecified atom stereocenters. The van der Waals surface area contributed by atoms with Gasteiger partial charge < -0.3 is 19.5 Å². The number of aromatic nitrogens is 4. The summed E-state index contributed by atoms with van der Waals surface area (Å²) in [5.41, 5.74) is 3.42. The van der Waals surface area contributed by atoms with Crippen LogP contribution in [0.4, 0.5) is 11.6 Å². The van der Waals surface area contributed by atoms with Gasteiger partial charge in [-0.1, -0.05) is 6.07 Å². The molecule has 9 heteroatoms. The molecule has 0 bridgehead atoms. The molecule has 1 saturated carbocycles. The second-order valence-corrected chi connectivity index (χ2v) is 8.27. The molecule has 32 heavy (non-hydrogen) atoms. The first-order chi connectivity index (χ1) is 15.3. The van der Waals surface area contributed by atoms with Gasteiger partial charge in [0.05, 0.1) is 5.52 Å². The summed E-state index contributed by atoms with van der Waals surface area (Å²) >= 11 is 0. The molecular formula is C23H21N5O4. The van der Waals surface area contributed by atoms with E-state index < -0.39 is 11.4 Å². The minimum atomic E-state index is -1.06. The Kier molecular flexibility index (Phi) is 4.37. The van der Waals surface area contributed by atoms with Crippen molar-refractivity contribution in [2.75, 3.05) is 5.32 Å². The standard InChI is InChI=1S/C23H21N5O4/c1-12-4-5-15(25-22-26-20(32-27-22)23(6-7-23)21(30)31)10-16(12)17-9-14-11-24-13(2)8-18(14)28(3)19(17)29/h4-5,8-11H,6-7H2,1-3H3,(H,25,27)(H,30,31). The van der Waals surface area contributed by atoms with E-state index in [-0.39, 0.29) is 17.4 Å². The van der Waals surface area contributed by atoms with Gasteiger partial charge in [-0.3, -0.25) is 14.6 Å². The van der Waals surface area contributed by atoms with Gasteiger partial charge in [0, 0.05) is 35.6 Å². The van der Waals surface area contributed by atoms with Crippen LogP contribution in [0.2, 0.25) is 0 Å². The van der Waals surface area contributed by atoms with Crippen molar-refractivity contribution in [2.24, 2.45) is 7.05 Å². The summed E-state index contributed by atoms with van der Waals surface area (Å²) < 4.78 is 6.82. The Morgan fingerprint density at radius 1 is 1.19 bits per heavy atom. The molecule has 1 aliphatic carbocycles. The largest absolute Gasteiger partial charge is 0.480 e. The second-order valence-electron chi connectivity index (χ2n) is 8.27. The summed E-state index contributed by atoms with van der Waals surface area (Å²) in [4.78, 5) is 33.2. The number of fused-ring (bicyclic) bond motifs is 1. The van der Waals surface area contributed by atoms with E-state index in [1.807, 2.05) is 44.2 Å². The van der Waals surface area contributed by atoms with Gasteiger partial charge in [-0.05, 0) is 67.2 Å². The summed E-state index contributed by atoms with van der Waals surface area (Å²) in [6.45, 7) is 3.83. The molecule has 2 N–H and O–H groups in total. The summed E-state index contributed by atoms with van der Waals surface area (Å²) in [7, 11) is 1.75. The lowest BCUT2D eigenvalue weighted by molar-refractivity contribution is -0.140. The highest BCUT2D eigenvalue weighted by Gasteiger charge is 2.56. The van der Waals surface area contributed by atoms with Crippen LogP contribution in [0.3, 0.4) is 0 Å². The van der Waals surface area contributed by atoms with Crippen LogP contribution in [-0.2, 0) is 17.3 Å². The molecule has 9 nitrogen and oxygen atoms in total. The first kappa shape index (κ1) is 19.9. The predicted molar refractivity (Wildman–Crippen MR) is 118 cm³/mol. The van der Waals surface area contributed by atoms with Crippen molar-refractivity contribution in [1.29, 1.82) is 0 Å².